The summed E-state index contributed by atoms with van der Waals surface area (Å²) in [5, 5.41) is 10.1. The quantitative estimate of drug-likeness (QED) is 0.606. The molecule has 2 aromatic rings. The fraction of sp³-hybridized carbons (Fsp3) is 0.286. The molecule has 0 unspecified atom stereocenters. The van der Waals surface area contributed by atoms with Crippen molar-refractivity contribution in [2.24, 2.45) is 0 Å². The number of rotatable bonds is 3. The first-order chi connectivity index (χ1) is 10.7. The summed E-state index contributed by atoms with van der Waals surface area (Å²) < 4.78 is 117. The number of alkyl halides is 9. The maximum absolute atomic E-state index is 14.0. The zero-order chi connectivity index (χ0) is 18.6. The summed E-state index contributed by atoms with van der Waals surface area (Å²) >= 11 is 0. The van der Waals surface area contributed by atoms with Crippen LogP contribution < -0.4 is 0 Å². The van der Waals surface area contributed by atoms with E-state index >= 15 is 0 Å². The highest BCUT2D eigenvalue weighted by atomic mass is 19.4. The molecule has 10 heteroatoms. The van der Waals surface area contributed by atoms with Gasteiger partial charge in [-0.1, -0.05) is 24.3 Å². The Labute approximate surface area is 128 Å². The molecule has 0 saturated heterocycles. The first kappa shape index (κ1) is 18.2. The maximum atomic E-state index is 14.0. The van der Waals surface area contributed by atoms with Crippen LogP contribution in [0, 0.1) is 0 Å². The number of hydrogen-bond donors (Lipinski definition) is 0. The topological polar surface area (TPSA) is 19.9 Å². The molecule has 0 bridgehead atoms. The second-order valence-electron chi connectivity index (χ2n) is 4.88. The lowest BCUT2D eigenvalue weighted by atomic mass is 9.92. The highest BCUT2D eigenvalue weighted by Gasteiger charge is 2.82. The minimum atomic E-state index is -6.99. The van der Waals surface area contributed by atoms with E-state index in [0.717, 1.165) is 18.2 Å². The van der Waals surface area contributed by atoms with Crippen LogP contribution in [0.15, 0.2) is 36.4 Å². The first-order valence-corrected chi connectivity index (χ1v) is 6.14. The molecule has 0 saturated carbocycles. The van der Waals surface area contributed by atoms with Crippen molar-refractivity contribution in [3.63, 3.8) is 0 Å². The molecular formula is C14H6F9O. The summed E-state index contributed by atoms with van der Waals surface area (Å²) in [6.45, 7) is 0. The van der Waals surface area contributed by atoms with Gasteiger partial charge in [-0.25, -0.2) is 0 Å². The van der Waals surface area contributed by atoms with E-state index in [1.165, 1.54) is 6.07 Å². The Morgan fingerprint density at radius 1 is 0.625 bits per heavy atom. The van der Waals surface area contributed by atoms with Crippen LogP contribution in [-0.2, 0) is 11.0 Å². The lowest BCUT2D eigenvalue weighted by Gasteiger charge is -2.34. The van der Waals surface area contributed by atoms with Crippen LogP contribution in [0.1, 0.15) is 5.56 Å². The lowest BCUT2D eigenvalue weighted by molar-refractivity contribution is -0.399. The average molecular weight is 361 g/mol. The normalized spacial score (nSPS) is 14.2. The fourth-order valence-electron chi connectivity index (χ4n) is 2.09. The molecule has 0 aliphatic carbocycles. The molecule has 0 heterocycles. The van der Waals surface area contributed by atoms with Gasteiger partial charge in [0.05, 0.1) is 0 Å². The average Bonchev–Trinajstić information content (AvgIpc) is 2.46. The zero-order valence-corrected chi connectivity index (χ0v) is 11.3. The standard InChI is InChI=1S/C14H6F9O/c15-11(16,12(17,18)13(19,20)14(21,22)23)9-5-6-10(24)8-4-2-1-3-7(8)9/h1-6H. The van der Waals surface area contributed by atoms with E-state index in [-0.39, 0.29) is 6.07 Å². The molecule has 0 amide bonds. The van der Waals surface area contributed by atoms with Gasteiger partial charge in [-0.2, -0.15) is 39.5 Å². The van der Waals surface area contributed by atoms with E-state index in [1.807, 2.05) is 0 Å². The van der Waals surface area contributed by atoms with Crippen LogP contribution in [0.3, 0.4) is 0 Å². The molecule has 0 aromatic heterocycles. The van der Waals surface area contributed by atoms with Crippen molar-refractivity contribution >= 4 is 10.8 Å². The number of halogens is 9. The molecule has 0 aliphatic rings. The minimum Gasteiger partial charge on any atom is -0.289 e. The molecule has 1 radical (unpaired) electrons. The number of benzene rings is 2. The third-order valence-electron chi connectivity index (χ3n) is 3.37. The van der Waals surface area contributed by atoms with Crippen molar-refractivity contribution < 1.29 is 44.6 Å². The highest BCUT2D eigenvalue weighted by Crippen LogP contribution is 2.57. The van der Waals surface area contributed by atoms with Gasteiger partial charge in [0.15, 0.2) is 5.75 Å². The number of fused-ring (bicyclic) bond motifs is 1. The third kappa shape index (κ3) is 2.35. The van der Waals surface area contributed by atoms with Crippen molar-refractivity contribution in [3.05, 3.63) is 42.0 Å². The molecule has 1 nitrogen and oxygen atoms in total. The molecule has 0 atom stereocenters. The Balaban J connectivity index is 2.74. The smallest absolute Gasteiger partial charge is 0.289 e. The van der Waals surface area contributed by atoms with Crippen molar-refractivity contribution in [2.75, 3.05) is 0 Å². The molecule has 0 N–H and O–H groups in total. The largest absolute Gasteiger partial charge is 0.460 e. The van der Waals surface area contributed by atoms with Gasteiger partial charge in [-0.05, 0) is 17.5 Å². The van der Waals surface area contributed by atoms with Crippen LogP contribution in [0.5, 0.6) is 5.75 Å². The summed E-state index contributed by atoms with van der Waals surface area (Å²) in [5.74, 6) is -20.5. The zero-order valence-electron chi connectivity index (χ0n) is 11.3. The van der Waals surface area contributed by atoms with Crippen LogP contribution >= 0.6 is 0 Å². The van der Waals surface area contributed by atoms with Crippen LogP contribution in [-0.4, -0.2) is 18.0 Å². The van der Waals surface area contributed by atoms with E-state index < -0.39 is 46.0 Å². The van der Waals surface area contributed by atoms with Crippen LogP contribution in [0.25, 0.3) is 10.8 Å². The molecule has 24 heavy (non-hydrogen) atoms. The maximum Gasteiger partial charge on any atom is 0.460 e. The summed E-state index contributed by atoms with van der Waals surface area (Å²) in [4.78, 5) is 0. The molecule has 131 valence electrons. The second kappa shape index (κ2) is 5.18. The van der Waals surface area contributed by atoms with Crippen molar-refractivity contribution in [1.29, 1.82) is 0 Å². The summed E-state index contributed by atoms with van der Waals surface area (Å²) in [6, 6.07) is 4.45. The van der Waals surface area contributed by atoms with Crippen molar-refractivity contribution in [2.45, 2.75) is 23.9 Å². The van der Waals surface area contributed by atoms with Gasteiger partial charge >= 0.3 is 23.9 Å². The molecule has 2 rings (SSSR count). The SMILES string of the molecule is [O]c1ccc(C(F)(F)C(F)(F)C(F)(F)C(F)(F)F)c2ccccc12. The Morgan fingerprint density at radius 3 is 1.62 bits per heavy atom. The van der Waals surface area contributed by atoms with Gasteiger partial charge in [0, 0.05) is 10.9 Å². The Hall–Kier alpha value is -2.13. The Bertz CT molecular complexity index is 764. The van der Waals surface area contributed by atoms with E-state index in [9.17, 15) is 44.6 Å². The van der Waals surface area contributed by atoms with E-state index in [0.29, 0.717) is 6.07 Å². The molecular weight excluding hydrogens is 355 g/mol. The molecule has 0 fully saturated rings. The van der Waals surface area contributed by atoms with E-state index in [1.54, 1.807) is 0 Å². The summed E-state index contributed by atoms with van der Waals surface area (Å²) in [7, 11) is 0. The van der Waals surface area contributed by atoms with Gasteiger partial charge < -0.3 is 0 Å². The van der Waals surface area contributed by atoms with Crippen molar-refractivity contribution in [1.82, 2.24) is 0 Å². The van der Waals surface area contributed by atoms with Gasteiger partial charge in [0.1, 0.15) is 0 Å². The van der Waals surface area contributed by atoms with Crippen molar-refractivity contribution in [3.8, 4) is 5.75 Å². The van der Waals surface area contributed by atoms with Gasteiger partial charge in [-0.3, -0.25) is 5.11 Å². The molecule has 2 aromatic carbocycles. The molecule has 0 spiro atoms. The minimum absolute atomic E-state index is 0.116. The van der Waals surface area contributed by atoms with E-state index in [2.05, 4.69) is 0 Å². The van der Waals surface area contributed by atoms with Gasteiger partial charge in [0.2, 0.25) is 0 Å². The van der Waals surface area contributed by atoms with E-state index in [4.69, 9.17) is 0 Å². The third-order valence-corrected chi connectivity index (χ3v) is 3.37. The molecule has 0 aliphatic heterocycles. The predicted octanol–water partition coefficient (Wildman–Crippen LogP) is 5.91. The van der Waals surface area contributed by atoms with Crippen LogP contribution in [0.4, 0.5) is 39.5 Å². The van der Waals surface area contributed by atoms with Crippen LogP contribution in [0.2, 0.25) is 0 Å². The van der Waals surface area contributed by atoms with Gasteiger partial charge in [0.25, 0.3) is 0 Å². The Morgan fingerprint density at radius 2 is 1.12 bits per heavy atom. The summed E-state index contributed by atoms with van der Waals surface area (Å²) in [6.07, 6.45) is -6.89. The fourth-order valence-corrected chi connectivity index (χ4v) is 2.09. The van der Waals surface area contributed by atoms with Gasteiger partial charge in [-0.15, -0.1) is 0 Å². The lowest BCUT2D eigenvalue weighted by Crippen LogP contribution is -2.59. The Kier molecular flexibility index (Phi) is 3.93. The predicted molar refractivity (Wildman–Crippen MR) is 63.9 cm³/mol. The second-order valence-corrected chi connectivity index (χ2v) is 4.88. The monoisotopic (exact) mass is 361 g/mol. The first-order valence-electron chi connectivity index (χ1n) is 6.14. The number of hydrogen-bond acceptors (Lipinski definition) is 0. The summed E-state index contributed by atoms with van der Waals surface area (Å²) in [5.41, 5.74) is -1.80. The highest BCUT2D eigenvalue weighted by molar-refractivity contribution is 5.91.